The van der Waals surface area contributed by atoms with Crippen LogP contribution in [0.5, 0.6) is 5.75 Å². The molecule has 3 rings (SSSR count). The van der Waals surface area contributed by atoms with Crippen molar-refractivity contribution < 1.29 is 34.3 Å². The molecule has 2 saturated heterocycles. The van der Waals surface area contributed by atoms with Gasteiger partial charge in [-0.25, -0.2) is 0 Å². The molecule has 0 spiro atoms. The minimum atomic E-state index is -0.610. The van der Waals surface area contributed by atoms with Crippen LogP contribution in [0.25, 0.3) is 0 Å². The molecule has 8 unspecified atom stereocenters. The fourth-order valence-electron chi connectivity index (χ4n) is 5.72. The zero-order valence-electron chi connectivity index (χ0n) is 23.8. The van der Waals surface area contributed by atoms with Gasteiger partial charge in [-0.05, 0) is 77.2 Å². The molecule has 2 fully saturated rings. The van der Waals surface area contributed by atoms with E-state index in [1.54, 1.807) is 12.1 Å². The van der Waals surface area contributed by atoms with Crippen molar-refractivity contribution in [3.05, 3.63) is 29.8 Å². The number of hydrogen-bond acceptors (Lipinski definition) is 7. The van der Waals surface area contributed by atoms with Crippen molar-refractivity contribution in [2.24, 2.45) is 0 Å². The van der Waals surface area contributed by atoms with Gasteiger partial charge in [-0.2, -0.15) is 0 Å². The molecule has 0 radical (unpaired) electrons. The number of rotatable bonds is 16. The molecule has 0 saturated carbocycles. The first-order valence-electron chi connectivity index (χ1n) is 15.1. The van der Waals surface area contributed by atoms with E-state index in [9.17, 15) is 15.3 Å². The Labute approximate surface area is 229 Å². The van der Waals surface area contributed by atoms with Crippen LogP contribution < -0.4 is 0 Å². The fourth-order valence-corrected chi connectivity index (χ4v) is 5.72. The number of unbranched alkanes of at least 4 members (excludes halogenated alkanes) is 2. The monoisotopic (exact) mass is 536 g/mol. The summed E-state index contributed by atoms with van der Waals surface area (Å²) in [6.45, 7) is 6.16. The molecule has 0 aromatic heterocycles. The maximum Gasteiger partial charge on any atom is 0.188 e. The smallest absolute Gasteiger partial charge is 0.188 e. The molecule has 2 aliphatic heterocycles. The summed E-state index contributed by atoms with van der Waals surface area (Å²) in [7, 11) is 0. The number of ether oxygens (including phenoxy) is 4. The largest absolute Gasteiger partial charge is 0.507 e. The van der Waals surface area contributed by atoms with Crippen molar-refractivity contribution in [3.8, 4) is 5.75 Å². The molecule has 3 N–H and O–H groups in total. The lowest BCUT2D eigenvalue weighted by atomic mass is 9.95. The zero-order chi connectivity index (χ0) is 27.3. The van der Waals surface area contributed by atoms with Crippen LogP contribution in [0.15, 0.2) is 24.3 Å². The van der Waals surface area contributed by atoms with Crippen molar-refractivity contribution in [3.63, 3.8) is 0 Å². The highest BCUT2D eigenvalue weighted by atomic mass is 16.7. The molecule has 7 heteroatoms. The number of aromatic hydroxyl groups is 1. The van der Waals surface area contributed by atoms with Gasteiger partial charge >= 0.3 is 0 Å². The van der Waals surface area contributed by atoms with Gasteiger partial charge in [-0.15, -0.1) is 0 Å². The third-order valence-corrected chi connectivity index (χ3v) is 7.91. The molecular weight excluding hydrogens is 484 g/mol. The summed E-state index contributed by atoms with van der Waals surface area (Å²) in [6, 6.07) is 7.18. The second-order valence-corrected chi connectivity index (χ2v) is 11.3. The molecule has 1 aromatic carbocycles. The van der Waals surface area contributed by atoms with Gasteiger partial charge in [-0.1, -0.05) is 51.3 Å². The molecule has 0 amide bonds. The van der Waals surface area contributed by atoms with Crippen LogP contribution in [-0.2, 0) is 18.9 Å². The number of aliphatic hydroxyl groups excluding tert-OH is 2. The number of hydrogen-bond donors (Lipinski definition) is 3. The molecule has 218 valence electrons. The lowest BCUT2D eigenvalue weighted by Gasteiger charge is -2.37. The van der Waals surface area contributed by atoms with Crippen LogP contribution in [0.4, 0.5) is 0 Å². The van der Waals surface area contributed by atoms with Crippen LogP contribution in [0.2, 0.25) is 0 Å². The van der Waals surface area contributed by atoms with Crippen molar-refractivity contribution in [2.75, 3.05) is 0 Å². The SMILES string of the molecule is CCCCCC1CC(CC(O)CCCC2CC(CCCC(O)CC)OC(C)O2)OC(c2ccccc2O)O1. The summed E-state index contributed by atoms with van der Waals surface area (Å²) in [4.78, 5) is 0. The average molecular weight is 537 g/mol. The van der Waals surface area contributed by atoms with E-state index in [2.05, 4.69) is 6.92 Å². The van der Waals surface area contributed by atoms with Gasteiger partial charge < -0.3 is 34.3 Å². The van der Waals surface area contributed by atoms with Crippen LogP contribution in [-0.4, -0.2) is 58.2 Å². The third-order valence-electron chi connectivity index (χ3n) is 7.91. The third kappa shape index (κ3) is 10.7. The summed E-state index contributed by atoms with van der Waals surface area (Å²) in [5.74, 6) is 0.177. The van der Waals surface area contributed by atoms with Gasteiger partial charge in [0, 0.05) is 12.0 Å². The zero-order valence-corrected chi connectivity index (χ0v) is 23.8. The Bertz CT molecular complexity index is 774. The highest BCUT2D eigenvalue weighted by Crippen LogP contribution is 2.37. The van der Waals surface area contributed by atoms with Gasteiger partial charge in [0.2, 0.25) is 0 Å². The first-order chi connectivity index (χ1) is 18.4. The van der Waals surface area contributed by atoms with E-state index >= 15 is 0 Å². The molecular formula is C31H52O7. The van der Waals surface area contributed by atoms with Gasteiger partial charge in [-0.3, -0.25) is 0 Å². The number of phenols is 1. The minimum Gasteiger partial charge on any atom is -0.507 e. The summed E-state index contributed by atoms with van der Waals surface area (Å²) >= 11 is 0. The highest BCUT2D eigenvalue weighted by Gasteiger charge is 2.33. The van der Waals surface area contributed by atoms with Crippen molar-refractivity contribution in [1.29, 1.82) is 0 Å². The van der Waals surface area contributed by atoms with E-state index in [1.807, 2.05) is 26.0 Å². The van der Waals surface area contributed by atoms with E-state index in [0.717, 1.165) is 70.6 Å². The Balaban J connectivity index is 1.44. The standard InChI is InChI=1S/C31H52O7/c1-4-6-7-14-27-21-28(38-31(37-27)29-17-8-9-18-30(29)34)19-24(33)13-11-16-26-20-25(35-22(3)36-26)15-10-12-23(32)5-2/h8-9,17-18,22-28,31-34H,4-7,10-16,19-21H2,1-3H3. The molecule has 38 heavy (non-hydrogen) atoms. The summed E-state index contributed by atoms with van der Waals surface area (Å²) < 4.78 is 24.5. The molecule has 2 heterocycles. The van der Waals surface area contributed by atoms with Gasteiger partial charge in [0.1, 0.15) is 5.75 Å². The van der Waals surface area contributed by atoms with Crippen LogP contribution in [0, 0.1) is 0 Å². The number of aliphatic hydroxyl groups is 2. The highest BCUT2D eigenvalue weighted by molar-refractivity contribution is 5.33. The Morgan fingerprint density at radius 3 is 2.00 bits per heavy atom. The predicted molar refractivity (Wildman–Crippen MR) is 148 cm³/mol. The number of para-hydroxylation sites is 1. The summed E-state index contributed by atoms with van der Waals surface area (Å²) in [5.41, 5.74) is 0.650. The first kappa shape index (κ1) is 31.3. The predicted octanol–water partition coefficient (Wildman–Crippen LogP) is 6.53. The number of phenolic OH excluding ortho intramolecular Hbond substituents is 1. The van der Waals surface area contributed by atoms with Crippen molar-refractivity contribution >= 4 is 0 Å². The minimum absolute atomic E-state index is 0.0598. The molecule has 8 atom stereocenters. The average Bonchev–Trinajstić information content (AvgIpc) is 2.88. The summed E-state index contributed by atoms with van der Waals surface area (Å²) in [6.07, 6.45) is 11.3. The fraction of sp³-hybridized carbons (Fsp3) is 0.806. The molecule has 2 aliphatic rings. The van der Waals surface area contributed by atoms with E-state index in [-0.39, 0.29) is 42.6 Å². The first-order valence-corrected chi connectivity index (χ1v) is 15.1. The Morgan fingerprint density at radius 2 is 1.34 bits per heavy atom. The second-order valence-electron chi connectivity index (χ2n) is 11.3. The second kappa shape index (κ2) is 16.8. The van der Waals surface area contributed by atoms with Crippen molar-refractivity contribution in [2.45, 2.75) is 160 Å². The Kier molecular flexibility index (Phi) is 13.8. The molecule has 1 aromatic rings. The van der Waals surface area contributed by atoms with Gasteiger partial charge in [0.05, 0.1) is 36.6 Å². The lowest BCUT2D eigenvalue weighted by molar-refractivity contribution is -0.253. The van der Waals surface area contributed by atoms with E-state index in [4.69, 9.17) is 18.9 Å². The van der Waals surface area contributed by atoms with E-state index < -0.39 is 12.4 Å². The Hall–Kier alpha value is -1.22. The topological polar surface area (TPSA) is 97.6 Å². The van der Waals surface area contributed by atoms with Crippen LogP contribution in [0.3, 0.4) is 0 Å². The van der Waals surface area contributed by atoms with Crippen LogP contribution in [0.1, 0.15) is 123 Å². The normalized spacial score (nSPS) is 29.7. The van der Waals surface area contributed by atoms with E-state index in [0.29, 0.717) is 18.4 Å². The lowest BCUT2D eigenvalue weighted by Crippen LogP contribution is -2.37. The maximum atomic E-state index is 10.9. The van der Waals surface area contributed by atoms with Gasteiger partial charge in [0.25, 0.3) is 0 Å². The molecule has 0 aliphatic carbocycles. The van der Waals surface area contributed by atoms with Crippen LogP contribution >= 0.6 is 0 Å². The Morgan fingerprint density at radius 1 is 0.763 bits per heavy atom. The van der Waals surface area contributed by atoms with E-state index in [1.165, 1.54) is 6.42 Å². The quantitative estimate of drug-likeness (QED) is 0.207. The summed E-state index contributed by atoms with van der Waals surface area (Å²) in [5, 5.41) is 31.0. The molecule has 0 bridgehead atoms. The molecule has 7 nitrogen and oxygen atoms in total. The number of benzene rings is 1. The van der Waals surface area contributed by atoms with Crippen molar-refractivity contribution in [1.82, 2.24) is 0 Å². The maximum absolute atomic E-state index is 10.9. The van der Waals surface area contributed by atoms with Gasteiger partial charge in [0.15, 0.2) is 12.6 Å².